The Kier molecular flexibility index (Phi) is 5.38. The second-order valence-electron chi connectivity index (χ2n) is 6.57. The highest BCUT2D eigenvalue weighted by Gasteiger charge is 2.43. The first-order valence-electron chi connectivity index (χ1n) is 8.48. The van der Waals surface area contributed by atoms with E-state index in [9.17, 15) is 4.79 Å². The van der Waals surface area contributed by atoms with Crippen LogP contribution in [-0.2, 0) is 10.3 Å². The molecule has 138 valence electrons. The molecule has 0 radical (unpaired) electrons. The van der Waals surface area contributed by atoms with Gasteiger partial charge in [0, 0.05) is 18.7 Å². The van der Waals surface area contributed by atoms with Gasteiger partial charge in [0.25, 0.3) is 0 Å². The van der Waals surface area contributed by atoms with Gasteiger partial charge in [0.1, 0.15) is 5.54 Å². The molecule has 2 aromatic rings. The number of hydrogen-bond donors (Lipinski definition) is 1. The first-order chi connectivity index (χ1) is 12.4. The van der Waals surface area contributed by atoms with Crippen molar-refractivity contribution in [2.24, 2.45) is 5.73 Å². The van der Waals surface area contributed by atoms with Crippen molar-refractivity contribution in [3.8, 4) is 5.88 Å². The molecule has 1 saturated heterocycles. The summed E-state index contributed by atoms with van der Waals surface area (Å²) in [6, 6.07) is 3.48. The molecule has 1 aliphatic rings. The molecule has 0 bridgehead atoms. The second-order valence-corrected chi connectivity index (χ2v) is 7.00. The van der Waals surface area contributed by atoms with Gasteiger partial charge in [-0.3, -0.25) is 19.7 Å². The number of piperidine rings is 1. The third kappa shape index (κ3) is 3.50. The van der Waals surface area contributed by atoms with Gasteiger partial charge in [0.2, 0.25) is 11.8 Å². The van der Waals surface area contributed by atoms with E-state index in [0.29, 0.717) is 23.1 Å². The van der Waals surface area contributed by atoms with Gasteiger partial charge >= 0.3 is 0 Å². The van der Waals surface area contributed by atoms with E-state index in [1.165, 1.54) is 6.20 Å². The summed E-state index contributed by atoms with van der Waals surface area (Å²) < 4.78 is 5.07. The highest BCUT2D eigenvalue weighted by atomic mass is 35.5. The fourth-order valence-electron chi connectivity index (χ4n) is 3.37. The van der Waals surface area contributed by atoms with Gasteiger partial charge in [-0.25, -0.2) is 4.98 Å². The number of rotatable bonds is 5. The number of hydrogen-bond acceptors (Lipinski definition) is 6. The van der Waals surface area contributed by atoms with Gasteiger partial charge in [-0.05, 0) is 38.4 Å². The molecule has 26 heavy (non-hydrogen) atoms. The molecule has 1 fully saturated rings. The van der Waals surface area contributed by atoms with Crippen LogP contribution in [0.2, 0.25) is 5.02 Å². The Morgan fingerprint density at radius 2 is 2.12 bits per heavy atom. The van der Waals surface area contributed by atoms with Crippen molar-refractivity contribution < 1.29 is 9.53 Å². The normalized spacial score (nSPS) is 20.3. The maximum Gasteiger partial charge on any atom is 0.243 e. The predicted octanol–water partition coefficient (Wildman–Crippen LogP) is 2.11. The third-order valence-electron chi connectivity index (χ3n) is 5.04. The number of halogens is 1. The lowest BCUT2D eigenvalue weighted by molar-refractivity contribution is -0.131. The molecule has 2 aromatic heterocycles. The number of aromatic nitrogens is 3. The van der Waals surface area contributed by atoms with Gasteiger partial charge in [-0.2, -0.15) is 0 Å². The van der Waals surface area contributed by atoms with Crippen molar-refractivity contribution in [3.05, 3.63) is 47.1 Å². The van der Waals surface area contributed by atoms with E-state index in [2.05, 4.69) is 19.9 Å². The van der Waals surface area contributed by atoms with E-state index >= 15 is 0 Å². The van der Waals surface area contributed by atoms with Crippen molar-refractivity contribution >= 4 is 17.5 Å². The Morgan fingerprint density at radius 3 is 2.69 bits per heavy atom. The van der Waals surface area contributed by atoms with Crippen LogP contribution in [-0.4, -0.2) is 46.0 Å². The quantitative estimate of drug-likeness (QED) is 0.860. The molecule has 2 atom stereocenters. The Labute approximate surface area is 157 Å². The summed E-state index contributed by atoms with van der Waals surface area (Å²) >= 11 is 5.94. The Bertz CT molecular complexity index is 768. The van der Waals surface area contributed by atoms with Gasteiger partial charge in [0.05, 0.1) is 35.9 Å². The molecule has 0 aromatic carbocycles. The zero-order chi connectivity index (χ0) is 18.7. The summed E-state index contributed by atoms with van der Waals surface area (Å²) in [6.07, 6.45) is 6.78. The Morgan fingerprint density at radius 1 is 1.31 bits per heavy atom. The van der Waals surface area contributed by atoms with Gasteiger partial charge < -0.3 is 10.5 Å². The molecular formula is C18H22ClN5O2. The maximum atomic E-state index is 12.4. The summed E-state index contributed by atoms with van der Waals surface area (Å²) in [4.78, 5) is 27.5. The molecule has 7 nitrogen and oxygen atoms in total. The molecule has 1 amide bonds. The van der Waals surface area contributed by atoms with Crippen molar-refractivity contribution in [2.75, 3.05) is 20.2 Å². The smallest absolute Gasteiger partial charge is 0.243 e. The number of carbonyl (C=O) groups is 1. The molecule has 3 heterocycles. The third-order valence-corrected chi connectivity index (χ3v) is 5.26. The standard InChI is InChI=1S/C18H22ClN5O2/c1-18(17(20)25,15-6-5-13(19)8-22-15)24-7-3-4-12(11-24)14-9-23-16(26-2)10-21-14/h5-6,8-10,12H,3-4,7,11H2,1-2H3,(H2,20,25). The summed E-state index contributed by atoms with van der Waals surface area (Å²) in [5.74, 6) is 0.204. The number of carbonyl (C=O) groups excluding carboxylic acids is 1. The fourth-order valence-corrected chi connectivity index (χ4v) is 3.49. The number of likely N-dealkylation sites (tertiary alicyclic amines) is 1. The van der Waals surface area contributed by atoms with Crippen LogP contribution in [0, 0.1) is 0 Å². The molecular weight excluding hydrogens is 354 g/mol. The highest BCUT2D eigenvalue weighted by Crippen LogP contribution is 2.34. The molecule has 0 aliphatic carbocycles. The van der Waals surface area contributed by atoms with Crippen LogP contribution in [0.4, 0.5) is 0 Å². The van der Waals surface area contributed by atoms with Crippen molar-refractivity contribution in [2.45, 2.75) is 31.2 Å². The molecule has 0 spiro atoms. The number of methoxy groups -OCH3 is 1. The minimum Gasteiger partial charge on any atom is -0.480 e. The van der Waals surface area contributed by atoms with Gasteiger partial charge in [0.15, 0.2) is 0 Å². The molecule has 2 N–H and O–H groups in total. The predicted molar refractivity (Wildman–Crippen MR) is 97.9 cm³/mol. The van der Waals surface area contributed by atoms with Gasteiger partial charge in [-0.1, -0.05) is 11.6 Å². The van der Waals surface area contributed by atoms with E-state index in [1.54, 1.807) is 31.6 Å². The number of primary amides is 1. The van der Waals surface area contributed by atoms with E-state index < -0.39 is 11.4 Å². The van der Waals surface area contributed by atoms with Crippen LogP contribution in [0.15, 0.2) is 30.7 Å². The monoisotopic (exact) mass is 375 g/mol. The van der Waals surface area contributed by atoms with E-state index in [-0.39, 0.29) is 5.92 Å². The van der Waals surface area contributed by atoms with Gasteiger partial charge in [-0.15, -0.1) is 0 Å². The first kappa shape index (κ1) is 18.5. The number of ether oxygens (including phenoxy) is 1. The van der Waals surface area contributed by atoms with Crippen molar-refractivity contribution in [1.29, 1.82) is 0 Å². The average molecular weight is 376 g/mol. The lowest BCUT2D eigenvalue weighted by atomic mass is 9.87. The Hall–Kier alpha value is -2.25. The summed E-state index contributed by atoms with van der Waals surface area (Å²) in [6.45, 7) is 3.21. The topological polar surface area (TPSA) is 94.2 Å². The van der Waals surface area contributed by atoms with E-state index in [0.717, 1.165) is 25.1 Å². The summed E-state index contributed by atoms with van der Waals surface area (Å²) in [5.41, 5.74) is 6.26. The number of nitrogens with zero attached hydrogens (tertiary/aromatic N) is 4. The average Bonchev–Trinajstić information content (AvgIpc) is 2.68. The maximum absolute atomic E-state index is 12.4. The summed E-state index contributed by atoms with van der Waals surface area (Å²) in [5, 5.41) is 0.519. The second kappa shape index (κ2) is 7.55. The zero-order valence-electron chi connectivity index (χ0n) is 14.9. The largest absolute Gasteiger partial charge is 0.480 e. The first-order valence-corrected chi connectivity index (χ1v) is 8.86. The lowest BCUT2D eigenvalue weighted by Crippen LogP contribution is -2.56. The minimum absolute atomic E-state index is 0.160. The number of pyridine rings is 1. The molecule has 2 unspecified atom stereocenters. The summed E-state index contributed by atoms with van der Waals surface area (Å²) in [7, 11) is 1.56. The molecule has 1 aliphatic heterocycles. The molecule has 0 saturated carbocycles. The van der Waals surface area contributed by atoms with Crippen LogP contribution in [0.3, 0.4) is 0 Å². The zero-order valence-corrected chi connectivity index (χ0v) is 15.6. The van der Waals surface area contributed by atoms with E-state index in [4.69, 9.17) is 22.1 Å². The van der Waals surface area contributed by atoms with Crippen LogP contribution in [0.1, 0.15) is 37.1 Å². The van der Waals surface area contributed by atoms with Crippen LogP contribution in [0.5, 0.6) is 5.88 Å². The van der Waals surface area contributed by atoms with Crippen LogP contribution in [0.25, 0.3) is 0 Å². The minimum atomic E-state index is -1.01. The van der Waals surface area contributed by atoms with Crippen molar-refractivity contribution in [1.82, 2.24) is 19.9 Å². The van der Waals surface area contributed by atoms with Crippen LogP contribution < -0.4 is 10.5 Å². The van der Waals surface area contributed by atoms with E-state index in [1.807, 2.05) is 6.92 Å². The SMILES string of the molecule is COc1cnc(C2CCCN(C(C)(C(N)=O)c3ccc(Cl)cn3)C2)cn1. The fraction of sp³-hybridized carbons (Fsp3) is 0.444. The highest BCUT2D eigenvalue weighted by molar-refractivity contribution is 6.30. The van der Waals surface area contributed by atoms with Crippen molar-refractivity contribution in [3.63, 3.8) is 0 Å². The molecule has 3 rings (SSSR count). The number of nitrogens with two attached hydrogens (primary N) is 1. The Balaban J connectivity index is 1.87. The van der Waals surface area contributed by atoms with Crippen LogP contribution >= 0.6 is 11.6 Å². The number of amides is 1. The molecule has 8 heteroatoms. The lowest BCUT2D eigenvalue weighted by Gasteiger charge is -2.43.